The minimum Gasteiger partial charge on any atom is -0.477 e. The van der Waals surface area contributed by atoms with Crippen molar-refractivity contribution in [2.24, 2.45) is 0 Å². The van der Waals surface area contributed by atoms with Gasteiger partial charge in [0.2, 0.25) is 5.43 Å². The predicted octanol–water partition coefficient (Wildman–Crippen LogP) is 1.27. The van der Waals surface area contributed by atoms with Gasteiger partial charge >= 0.3 is 5.97 Å². The number of pyridine rings is 1. The van der Waals surface area contributed by atoms with Crippen LogP contribution in [-0.2, 0) is 6.52 Å². The second-order valence-electron chi connectivity index (χ2n) is 5.40. The lowest BCUT2D eigenvalue weighted by atomic mass is 10.1. The molecule has 2 heterocycles. The number of piperazine rings is 1. The first-order chi connectivity index (χ1) is 11.4. The zero-order chi connectivity index (χ0) is 17.4. The largest absolute Gasteiger partial charge is 0.477 e. The number of aromatic carboxylic acids is 1. The Morgan fingerprint density at radius 2 is 2.13 bits per heavy atom. The predicted molar refractivity (Wildman–Crippen MR) is 85.9 cm³/mol. The van der Waals surface area contributed by atoms with Crippen molar-refractivity contribution in [3.8, 4) is 0 Å². The smallest absolute Gasteiger partial charge is 0.341 e. The number of fused-ring (bicyclic) bond motifs is 1. The summed E-state index contributed by atoms with van der Waals surface area (Å²) in [6.45, 7) is 3.48. The number of hydrogen-bond acceptors (Lipinski definition) is 4. The number of anilines is 1. The standard InChI is InChI=1S/C16H18FN3O3/c1-2-19-9-11(16(22)23)15(21)10-7-12(17)14(8-13(10)19)20-5-3-18-4-6-20/h7-9,18H,2-6H2,1H3,(H,22,23)/i2D. The van der Waals surface area contributed by atoms with Gasteiger partial charge in [0.25, 0.3) is 0 Å². The van der Waals surface area contributed by atoms with Gasteiger partial charge in [-0.1, -0.05) is 0 Å². The van der Waals surface area contributed by atoms with E-state index in [0.29, 0.717) is 24.3 Å². The number of aromatic nitrogens is 1. The van der Waals surface area contributed by atoms with Gasteiger partial charge in [-0.15, -0.1) is 0 Å². The van der Waals surface area contributed by atoms with Crippen LogP contribution in [0.5, 0.6) is 0 Å². The summed E-state index contributed by atoms with van der Waals surface area (Å²) >= 11 is 0. The molecule has 23 heavy (non-hydrogen) atoms. The molecule has 1 aromatic heterocycles. The zero-order valence-electron chi connectivity index (χ0n) is 13.7. The van der Waals surface area contributed by atoms with Crippen LogP contribution in [0.4, 0.5) is 10.1 Å². The summed E-state index contributed by atoms with van der Waals surface area (Å²) < 4.78 is 23.9. The zero-order valence-corrected chi connectivity index (χ0v) is 12.7. The Morgan fingerprint density at radius 1 is 1.43 bits per heavy atom. The van der Waals surface area contributed by atoms with Crippen molar-refractivity contribution in [1.82, 2.24) is 9.88 Å². The van der Waals surface area contributed by atoms with Crippen LogP contribution in [0.3, 0.4) is 0 Å². The van der Waals surface area contributed by atoms with Crippen molar-refractivity contribution in [2.45, 2.75) is 13.4 Å². The highest BCUT2D eigenvalue weighted by atomic mass is 19.1. The van der Waals surface area contributed by atoms with Crippen LogP contribution in [0.25, 0.3) is 10.9 Å². The van der Waals surface area contributed by atoms with E-state index in [1.165, 1.54) is 10.6 Å². The Kier molecular flexibility index (Phi) is 3.70. The van der Waals surface area contributed by atoms with E-state index >= 15 is 0 Å². The molecule has 1 unspecified atom stereocenters. The molecular formula is C16H18FN3O3. The fourth-order valence-electron chi connectivity index (χ4n) is 2.87. The number of nitrogens with zero attached hydrogens (tertiary/aromatic N) is 2. The molecular weight excluding hydrogens is 301 g/mol. The van der Waals surface area contributed by atoms with Gasteiger partial charge in [-0.05, 0) is 19.1 Å². The number of carboxylic acid groups (broad SMARTS) is 1. The number of benzene rings is 1. The second-order valence-corrected chi connectivity index (χ2v) is 5.40. The van der Waals surface area contributed by atoms with Crippen molar-refractivity contribution < 1.29 is 15.7 Å². The molecule has 0 aliphatic carbocycles. The lowest BCUT2D eigenvalue weighted by molar-refractivity contribution is 0.0695. The van der Waals surface area contributed by atoms with Gasteiger partial charge in [-0.3, -0.25) is 4.79 Å². The molecule has 1 fully saturated rings. The Hall–Kier alpha value is -2.41. The Balaban J connectivity index is 2.28. The van der Waals surface area contributed by atoms with Crippen molar-refractivity contribution in [1.29, 1.82) is 0 Å². The van der Waals surface area contributed by atoms with Gasteiger partial charge in [0.05, 0.1) is 11.2 Å². The summed E-state index contributed by atoms with van der Waals surface area (Å²) in [5, 5.41) is 12.3. The molecule has 3 rings (SSSR count). The molecule has 1 aliphatic rings. The number of hydrogen-bond donors (Lipinski definition) is 2. The minimum atomic E-state index is -1.39. The average molecular weight is 320 g/mol. The highest BCUT2D eigenvalue weighted by Gasteiger charge is 2.19. The van der Waals surface area contributed by atoms with E-state index in [1.54, 1.807) is 6.92 Å². The monoisotopic (exact) mass is 320 g/mol. The van der Waals surface area contributed by atoms with E-state index in [2.05, 4.69) is 5.32 Å². The van der Waals surface area contributed by atoms with Crippen LogP contribution in [0, 0.1) is 5.82 Å². The van der Waals surface area contributed by atoms with Crippen molar-refractivity contribution in [3.63, 3.8) is 0 Å². The maximum atomic E-state index is 14.5. The van der Waals surface area contributed by atoms with Crippen LogP contribution in [0.1, 0.15) is 18.7 Å². The highest BCUT2D eigenvalue weighted by Crippen LogP contribution is 2.25. The average Bonchev–Trinajstić information content (AvgIpc) is 2.55. The third-order valence-corrected chi connectivity index (χ3v) is 4.07. The molecule has 0 saturated carbocycles. The van der Waals surface area contributed by atoms with Gasteiger partial charge < -0.3 is 19.9 Å². The summed E-state index contributed by atoms with van der Waals surface area (Å²) in [5.41, 5.74) is -0.473. The topological polar surface area (TPSA) is 74.6 Å². The van der Waals surface area contributed by atoms with Crippen LogP contribution in [-0.4, -0.2) is 41.8 Å². The molecule has 1 atom stereocenters. The van der Waals surface area contributed by atoms with Gasteiger partial charge in [0.15, 0.2) is 0 Å². The van der Waals surface area contributed by atoms with E-state index in [1.807, 2.05) is 4.90 Å². The third kappa shape index (κ3) is 2.68. The van der Waals surface area contributed by atoms with Gasteiger partial charge in [-0.25, -0.2) is 9.18 Å². The molecule has 122 valence electrons. The summed E-state index contributed by atoms with van der Waals surface area (Å²) in [7, 11) is 0. The van der Waals surface area contributed by atoms with E-state index in [4.69, 9.17) is 1.37 Å². The maximum absolute atomic E-state index is 14.5. The second kappa shape index (κ2) is 6.00. The molecule has 2 aromatic rings. The molecule has 2 N–H and O–H groups in total. The SMILES string of the molecule is [2H]C(C)n1cc(C(=O)O)c(=O)c2cc(F)c(N3CCNCC3)cc21. The Labute approximate surface area is 133 Å². The first-order valence-electron chi connectivity index (χ1n) is 7.97. The van der Waals surface area contributed by atoms with E-state index < -0.39 is 29.3 Å². The summed E-state index contributed by atoms with van der Waals surface area (Å²) in [6, 6.07) is 2.62. The van der Waals surface area contributed by atoms with Crippen molar-refractivity contribution >= 4 is 22.6 Å². The number of rotatable bonds is 3. The van der Waals surface area contributed by atoms with Crippen molar-refractivity contribution in [2.75, 3.05) is 31.1 Å². The van der Waals surface area contributed by atoms with Crippen LogP contribution in [0.2, 0.25) is 0 Å². The van der Waals surface area contributed by atoms with Gasteiger partial charge in [0.1, 0.15) is 11.4 Å². The lowest BCUT2D eigenvalue weighted by Crippen LogP contribution is -2.43. The molecule has 0 spiro atoms. The molecule has 0 radical (unpaired) electrons. The Morgan fingerprint density at radius 3 is 2.74 bits per heavy atom. The molecule has 7 heteroatoms. The summed E-state index contributed by atoms with van der Waals surface area (Å²) in [6.07, 6.45) is 1.16. The molecule has 1 aliphatic heterocycles. The Bertz CT molecular complexity index is 860. The lowest BCUT2D eigenvalue weighted by Gasteiger charge is -2.30. The number of carbonyl (C=O) groups is 1. The molecule has 0 bridgehead atoms. The fraction of sp³-hybridized carbons (Fsp3) is 0.375. The number of carboxylic acids is 1. The minimum absolute atomic E-state index is 0.0228. The van der Waals surface area contributed by atoms with E-state index in [-0.39, 0.29) is 5.39 Å². The number of aryl methyl sites for hydroxylation is 1. The fourth-order valence-corrected chi connectivity index (χ4v) is 2.87. The first-order valence-corrected chi connectivity index (χ1v) is 7.39. The normalized spacial score (nSPS) is 17.1. The molecule has 6 nitrogen and oxygen atoms in total. The van der Waals surface area contributed by atoms with E-state index in [9.17, 15) is 19.1 Å². The summed E-state index contributed by atoms with van der Waals surface area (Å²) in [4.78, 5) is 25.5. The maximum Gasteiger partial charge on any atom is 0.341 e. The van der Waals surface area contributed by atoms with Crippen LogP contribution >= 0.6 is 0 Å². The molecule has 0 amide bonds. The quantitative estimate of drug-likeness (QED) is 0.891. The highest BCUT2D eigenvalue weighted by molar-refractivity contribution is 5.93. The molecule has 1 aromatic carbocycles. The number of nitrogens with one attached hydrogen (secondary N) is 1. The van der Waals surface area contributed by atoms with Crippen molar-refractivity contribution in [3.05, 3.63) is 39.9 Å². The first kappa shape index (κ1) is 14.2. The van der Waals surface area contributed by atoms with Crippen LogP contribution in [0.15, 0.2) is 23.1 Å². The third-order valence-electron chi connectivity index (χ3n) is 4.07. The van der Waals surface area contributed by atoms with Crippen LogP contribution < -0.4 is 15.6 Å². The van der Waals surface area contributed by atoms with Gasteiger partial charge in [-0.2, -0.15) is 0 Å². The number of halogens is 1. The summed E-state index contributed by atoms with van der Waals surface area (Å²) in [5.74, 6) is -1.95. The molecule has 1 saturated heterocycles. The van der Waals surface area contributed by atoms with E-state index in [0.717, 1.165) is 25.4 Å². The van der Waals surface area contributed by atoms with Gasteiger partial charge in [0, 0.05) is 45.7 Å².